The van der Waals surface area contributed by atoms with E-state index in [0.717, 1.165) is 6.42 Å². The molecule has 1 aliphatic rings. The lowest BCUT2D eigenvalue weighted by atomic mass is 9.79. The Morgan fingerprint density at radius 3 is 2.73 bits per heavy atom. The molecular formula is C9H15NO. The molecule has 2 nitrogen and oxygen atoms in total. The number of ether oxygens (including phenoxy) is 1. The van der Waals surface area contributed by atoms with Gasteiger partial charge in [0, 0.05) is 0 Å². The summed E-state index contributed by atoms with van der Waals surface area (Å²) in [6.45, 7) is 4.41. The van der Waals surface area contributed by atoms with Crippen molar-refractivity contribution in [2.45, 2.75) is 39.2 Å². The van der Waals surface area contributed by atoms with E-state index >= 15 is 0 Å². The molecule has 0 heterocycles. The second-order valence-electron chi connectivity index (χ2n) is 3.51. The fourth-order valence-corrected chi connectivity index (χ4v) is 1.77. The van der Waals surface area contributed by atoms with Crippen molar-refractivity contribution >= 4 is 0 Å². The minimum atomic E-state index is 0.184. The molecule has 0 spiro atoms. The average molecular weight is 153 g/mol. The molecule has 62 valence electrons. The Morgan fingerprint density at radius 2 is 2.09 bits per heavy atom. The van der Waals surface area contributed by atoms with Crippen LogP contribution in [0, 0.1) is 23.4 Å². The Hall–Kier alpha value is -0.710. The van der Waals surface area contributed by atoms with Gasteiger partial charge in [-0.05, 0) is 24.7 Å². The van der Waals surface area contributed by atoms with E-state index in [0.29, 0.717) is 11.8 Å². The zero-order chi connectivity index (χ0) is 8.27. The molecule has 0 aromatic rings. The van der Waals surface area contributed by atoms with E-state index in [1.807, 2.05) is 0 Å². The molecule has 11 heavy (non-hydrogen) atoms. The van der Waals surface area contributed by atoms with E-state index < -0.39 is 0 Å². The third-order valence-electron chi connectivity index (χ3n) is 2.84. The van der Waals surface area contributed by atoms with Gasteiger partial charge in [-0.1, -0.05) is 20.3 Å². The molecule has 0 aromatic heterocycles. The fraction of sp³-hybridized carbons (Fsp3) is 0.889. The lowest BCUT2D eigenvalue weighted by molar-refractivity contribution is 0.0439. The van der Waals surface area contributed by atoms with Crippen molar-refractivity contribution in [2.24, 2.45) is 11.8 Å². The van der Waals surface area contributed by atoms with Crippen LogP contribution in [0.15, 0.2) is 0 Å². The highest BCUT2D eigenvalue weighted by molar-refractivity contribution is 4.79. The lowest BCUT2D eigenvalue weighted by Gasteiger charge is -2.31. The summed E-state index contributed by atoms with van der Waals surface area (Å²) in [6.07, 6.45) is 5.52. The van der Waals surface area contributed by atoms with Gasteiger partial charge in [-0.3, -0.25) is 0 Å². The summed E-state index contributed by atoms with van der Waals surface area (Å²) in [5.41, 5.74) is 0. The molecule has 1 rings (SSSR count). The number of rotatable bonds is 1. The molecule has 0 aliphatic heterocycles. The highest BCUT2D eigenvalue weighted by Gasteiger charge is 2.28. The van der Waals surface area contributed by atoms with Crippen molar-refractivity contribution in [1.29, 1.82) is 5.26 Å². The van der Waals surface area contributed by atoms with E-state index in [4.69, 9.17) is 10.00 Å². The number of nitriles is 1. The van der Waals surface area contributed by atoms with Crippen molar-refractivity contribution in [2.75, 3.05) is 0 Å². The van der Waals surface area contributed by atoms with Crippen LogP contribution in [0.2, 0.25) is 0 Å². The van der Waals surface area contributed by atoms with E-state index in [9.17, 15) is 0 Å². The molecule has 3 unspecified atom stereocenters. The number of hydrogen-bond acceptors (Lipinski definition) is 2. The molecule has 3 atom stereocenters. The van der Waals surface area contributed by atoms with Crippen LogP contribution in [-0.2, 0) is 4.74 Å². The van der Waals surface area contributed by atoms with Crippen molar-refractivity contribution in [1.82, 2.24) is 0 Å². The Labute approximate surface area is 68.2 Å². The van der Waals surface area contributed by atoms with Gasteiger partial charge in [0.2, 0.25) is 0 Å². The van der Waals surface area contributed by atoms with Crippen molar-refractivity contribution in [3.63, 3.8) is 0 Å². The van der Waals surface area contributed by atoms with Crippen LogP contribution in [0.5, 0.6) is 0 Å². The van der Waals surface area contributed by atoms with Gasteiger partial charge in [-0.15, -0.1) is 0 Å². The summed E-state index contributed by atoms with van der Waals surface area (Å²) in [7, 11) is 0. The van der Waals surface area contributed by atoms with Gasteiger partial charge in [0.05, 0.1) is 0 Å². The summed E-state index contributed by atoms with van der Waals surface area (Å²) in [5, 5.41) is 8.35. The Kier molecular flexibility index (Phi) is 2.76. The molecule has 2 heteroatoms. The van der Waals surface area contributed by atoms with Crippen LogP contribution >= 0.6 is 0 Å². The topological polar surface area (TPSA) is 33.0 Å². The molecule has 0 bridgehead atoms. The summed E-state index contributed by atoms with van der Waals surface area (Å²) in [4.78, 5) is 0. The molecule has 0 N–H and O–H groups in total. The first-order valence-corrected chi connectivity index (χ1v) is 4.30. The molecular weight excluding hydrogens is 138 g/mol. The fourth-order valence-electron chi connectivity index (χ4n) is 1.77. The first kappa shape index (κ1) is 8.39. The van der Waals surface area contributed by atoms with Crippen LogP contribution < -0.4 is 0 Å². The third kappa shape index (κ3) is 1.86. The number of hydrogen-bond donors (Lipinski definition) is 0. The largest absolute Gasteiger partial charge is 0.424 e. The van der Waals surface area contributed by atoms with Crippen LogP contribution in [0.4, 0.5) is 0 Å². The monoisotopic (exact) mass is 153 g/mol. The van der Waals surface area contributed by atoms with E-state index in [1.165, 1.54) is 12.8 Å². The molecule has 0 radical (unpaired) electrons. The van der Waals surface area contributed by atoms with Gasteiger partial charge in [0.1, 0.15) is 6.10 Å². The average Bonchev–Trinajstić information content (AvgIpc) is 1.99. The quantitative estimate of drug-likeness (QED) is 0.541. The standard InChI is InChI=1S/C9H15NO/c1-7-4-3-5-9(8(7)2)11-6-10/h7-9H,3-5H2,1-2H3. The minimum Gasteiger partial charge on any atom is -0.424 e. The van der Waals surface area contributed by atoms with Crippen LogP contribution in [0.25, 0.3) is 0 Å². The van der Waals surface area contributed by atoms with Crippen molar-refractivity contribution < 1.29 is 4.74 Å². The van der Waals surface area contributed by atoms with Crippen molar-refractivity contribution in [3.8, 4) is 6.26 Å². The lowest BCUT2D eigenvalue weighted by Crippen LogP contribution is -2.29. The molecule has 0 amide bonds. The SMILES string of the molecule is CC1CCCC(OC#N)C1C. The zero-order valence-corrected chi connectivity index (χ0v) is 7.21. The maximum Gasteiger partial charge on any atom is 0.286 e. The summed E-state index contributed by atoms with van der Waals surface area (Å²) < 4.78 is 4.97. The maximum absolute atomic E-state index is 8.35. The summed E-state index contributed by atoms with van der Waals surface area (Å²) >= 11 is 0. The van der Waals surface area contributed by atoms with Crippen molar-refractivity contribution in [3.05, 3.63) is 0 Å². The predicted octanol–water partition coefficient (Wildman–Crippen LogP) is 2.31. The van der Waals surface area contributed by atoms with Gasteiger partial charge in [-0.2, -0.15) is 5.26 Å². The van der Waals surface area contributed by atoms with Gasteiger partial charge >= 0.3 is 0 Å². The highest BCUT2D eigenvalue weighted by atomic mass is 16.5. The Balaban J connectivity index is 2.45. The molecule has 0 aromatic carbocycles. The molecule has 1 fully saturated rings. The van der Waals surface area contributed by atoms with Gasteiger partial charge < -0.3 is 4.74 Å². The maximum atomic E-state index is 8.35. The predicted molar refractivity (Wildman–Crippen MR) is 42.7 cm³/mol. The smallest absolute Gasteiger partial charge is 0.286 e. The Morgan fingerprint density at radius 1 is 1.36 bits per heavy atom. The van der Waals surface area contributed by atoms with Crippen LogP contribution in [-0.4, -0.2) is 6.10 Å². The Bertz CT molecular complexity index is 161. The van der Waals surface area contributed by atoms with Crippen LogP contribution in [0.1, 0.15) is 33.1 Å². The molecule has 1 saturated carbocycles. The third-order valence-corrected chi connectivity index (χ3v) is 2.84. The van der Waals surface area contributed by atoms with Crippen LogP contribution in [0.3, 0.4) is 0 Å². The van der Waals surface area contributed by atoms with E-state index in [1.54, 1.807) is 6.26 Å². The summed E-state index contributed by atoms with van der Waals surface area (Å²) in [5.74, 6) is 1.26. The number of nitrogens with zero attached hydrogens (tertiary/aromatic N) is 1. The van der Waals surface area contributed by atoms with Gasteiger partial charge in [0.15, 0.2) is 0 Å². The minimum absolute atomic E-state index is 0.184. The highest BCUT2D eigenvalue weighted by Crippen LogP contribution is 2.31. The van der Waals surface area contributed by atoms with E-state index in [2.05, 4.69) is 13.8 Å². The first-order chi connectivity index (χ1) is 5.25. The second kappa shape index (κ2) is 3.61. The zero-order valence-electron chi connectivity index (χ0n) is 7.21. The van der Waals surface area contributed by atoms with E-state index in [-0.39, 0.29) is 6.10 Å². The summed E-state index contributed by atoms with van der Waals surface area (Å²) in [6, 6.07) is 0. The van der Waals surface area contributed by atoms with Gasteiger partial charge in [0.25, 0.3) is 6.26 Å². The van der Waals surface area contributed by atoms with Gasteiger partial charge in [-0.25, -0.2) is 0 Å². The normalized spacial score (nSPS) is 37.7. The first-order valence-electron chi connectivity index (χ1n) is 4.30. The second-order valence-corrected chi connectivity index (χ2v) is 3.51. The molecule has 1 aliphatic carbocycles. The molecule has 0 saturated heterocycles.